The second-order valence-electron chi connectivity index (χ2n) is 5.74. The molecular formula is C17H23N3O3. The van der Waals surface area contributed by atoms with Crippen molar-refractivity contribution in [3.63, 3.8) is 0 Å². The van der Waals surface area contributed by atoms with Crippen LogP contribution in [0.5, 0.6) is 5.75 Å². The molecule has 1 amide bonds. The van der Waals surface area contributed by atoms with Crippen molar-refractivity contribution in [1.29, 1.82) is 0 Å². The van der Waals surface area contributed by atoms with Gasteiger partial charge in [-0.15, -0.1) is 0 Å². The number of aromatic amines is 1. The molecule has 1 atom stereocenters. The van der Waals surface area contributed by atoms with Gasteiger partial charge in [0.1, 0.15) is 11.4 Å². The van der Waals surface area contributed by atoms with Gasteiger partial charge < -0.3 is 15.2 Å². The van der Waals surface area contributed by atoms with E-state index < -0.39 is 5.54 Å². The molecule has 0 aliphatic heterocycles. The molecule has 3 N–H and O–H groups in total. The summed E-state index contributed by atoms with van der Waals surface area (Å²) < 4.78 is 5.13. The maximum Gasteiger partial charge on any atom is 0.269 e. The van der Waals surface area contributed by atoms with Crippen molar-refractivity contribution in [2.75, 3.05) is 13.7 Å². The lowest BCUT2D eigenvalue weighted by Crippen LogP contribution is -2.46. The summed E-state index contributed by atoms with van der Waals surface area (Å²) in [4.78, 5) is 12.4. The average Bonchev–Trinajstić information content (AvgIpc) is 3.05. The molecule has 0 aliphatic carbocycles. The highest BCUT2D eigenvalue weighted by Crippen LogP contribution is 2.21. The van der Waals surface area contributed by atoms with E-state index >= 15 is 0 Å². The molecule has 1 heterocycles. The van der Waals surface area contributed by atoms with Crippen molar-refractivity contribution in [3.05, 3.63) is 36.0 Å². The zero-order valence-corrected chi connectivity index (χ0v) is 13.7. The number of rotatable bonds is 7. The number of nitrogens with zero attached hydrogens (tertiary/aromatic N) is 1. The number of benzene rings is 1. The number of ether oxygens (including phenoxy) is 1. The smallest absolute Gasteiger partial charge is 0.269 e. The fourth-order valence-corrected chi connectivity index (χ4v) is 2.26. The molecular weight excluding hydrogens is 294 g/mol. The van der Waals surface area contributed by atoms with Gasteiger partial charge in [0.25, 0.3) is 5.91 Å². The van der Waals surface area contributed by atoms with Crippen LogP contribution in [0, 0.1) is 0 Å². The molecule has 6 heteroatoms. The standard InChI is InChI=1S/C17H23N3O3/c1-4-17(2,9-10-21)18-16(22)15-11-14(19-20-15)12-5-7-13(23-3)8-6-12/h5-8,11,21H,4,9-10H2,1-3H3,(H,18,22)(H,19,20). The van der Waals surface area contributed by atoms with Gasteiger partial charge in [0.2, 0.25) is 0 Å². The minimum Gasteiger partial charge on any atom is -0.497 e. The predicted molar refractivity (Wildman–Crippen MR) is 88.4 cm³/mol. The van der Waals surface area contributed by atoms with Crippen LogP contribution in [-0.4, -0.2) is 40.5 Å². The van der Waals surface area contributed by atoms with Crippen LogP contribution in [0.1, 0.15) is 37.2 Å². The van der Waals surface area contributed by atoms with E-state index in [1.54, 1.807) is 13.2 Å². The first-order chi connectivity index (χ1) is 11.0. The van der Waals surface area contributed by atoms with Crippen LogP contribution in [0.25, 0.3) is 11.3 Å². The number of aliphatic hydroxyl groups is 1. The van der Waals surface area contributed by atoms with E-state index in [0.29, 0.717) is 17.8 Å². The number of amides is 1. The summed E-state index contributed by atoms with van der Waals surface area (Å²) >= 11 is 0. The highest BCUT2D eigenvalue weighted by Gasteiger charge is 2.25. The van der Waals surface area contributed by atoms with Crippen molar-refractivity contribution in [2.45, 2.75) is 32.2 Å². The van der Waals surface area contributed by atoms with Gasteiger partial charge in [-0.05, 0) is 50.1 Å². The first kappa shape index (κ1) is 17.0. The molecule has 2 rings (SSSR count). The van der Waals surface area contributed by atoms with E-state index in [4.69, 9.17) is 9.84 Å². The van der Waals surface area contributed by atoms with Gasteiger partial charge in [-0.3, -0.25) is 9.89 Å². The Bertz CT molecular complexity index is 651. The maximum absolute atomic E-state index is 12.4. The number of nitrogens with one attached hydrogen (secondary N) is 2. The summed E-state index contributed by atoms with van der Waals surface area (Å²) in [7, 11) is 1.61. The minimum absolute atomic E-state index is 0.0324. The summed E-state index contributed by atoms with van der Waals surface area (Å²) in [5, 5.41) is 19.0. The van der Waals surface area contributed by atoms with Crippen LogP contribution in [0.2, 0.25) is 0 Å². The number of carbonyl (C=O) groups excluding carboxylic acids is 1. The molecule has 0 fully saturated rings. The van der Waals surface area contributed by atoms with Gasteiger partial charge in [-0.25, -0.2) is 0 Å². The van der Waals surface area contributed by atoms with Crippen LogP contribution in [-0.2, 0) is 0 Å². The van der Waals surface area contributed by atoms with Crippen LogP contribution in [0.4, 0.5) is 0 Å². The van der Waals surface area contributed by atoms with Gasteiger partial charge >= 0.3 is 0 Å². The maximum atomic E-state index is 12.4. The Balaban J connectivity index is 2.13. The molecule has 1 unspecified atom stereocenters. The molecule has 1 aromatic heterocycles. The average molecular weight is 317 g/mol. The Hall–Kier alpha value is -2.34. The van der Waals surface area contributed by atoms with Crippen molar-refractivity contribution in [3.8, 4) is 17.0 Å². The first-order valence-electron chi connectivity index (χ1n) is 7.64. The van der Waals surface area contributed by atoms with Gasteiger partial charge in [0.15, 0.2) is 0 Å². The molecule has 23 heavy (non-hydrogen) atoms. The summed E-state index contributed by atoms with van der Waals surface area (Å²) in [6.45, 7) is 3.93. The van der Waals surface area contributed by atoms with Crippen molar-refractivity contribution < 1.29 is 14.6 Å². The lowest BCUT2D eigenvalue weighted by Gasteiger charge is -2.28. The fraction of sp³-hybridized carbons (Fsp3) is 0.412. The summed E-state index contributed by atoms with van der Waals surface area (Å²) in [5.74, 6) is 0.542. The van der Waals surface area contributed by atoms with Crippen molar-refractivity contribution in [1.82, 2.24) is 15.5 Å². The van der Waals surface area contributed by atoms with Crippen LogP contribution < -0.4 is 10.1 Å². The Labute approximate surface area is 135 Å². The number of aromatic nitrogens is 2. The molecule has 0 radical (unpaired) electrons. The van der Waals surface area contributed by atoms with E-state index in [2.05, 4.69) is 15.5 Å². The van der Waals surface area contributed by atoms with Gasteiger partial charge in [0, 0.05) is 17.7 Å². The third kappa shape index (κ3) is 4.10. The second-order valence-corrected chi connectivity index (χ2v) is 5.74. The first-order valence-corrected chi connectivity index (χ1v) is 7.64. The zero-order chi connectivity index (χ0) is 16.9. The van der Waals surface area contributed by atoms with E-state index in [0.717, 1.165) is 17.7 Å². The number of carbonyl (C=O) groups is 1. The third-order valence-electron chi connectivity index (χ3n) is 4.07. The SMILES string of the molecule is CCC(C)(CCO)NC(=O)c1cc(-c2ccc(OC)cc2)n[nH]1. The van der Waals surface area contributed by atoms with E-state index in [1.807, 2.05) is 38.1 Å². The van der Waals surface area contributed by atoms with Crippen LogP contribution in [0.15, 0.2) is 30.3 Å². The molecule has 0 aliphatic rings. The number of methoxy groups -OCH3 is 1. The normalized spacial score (nSPS) is 13.4. The molecule has 0 bridgehead atoms. The highest BCUT2D eigenvalue weighted by atomic mass is 16.5. The van der Waals surface area contributed by atoms with Gasteiger partial charge in [0.05, 0.1) is 12.8 Å². The molecule has 124 valence electrons. The summed E-state index contributed by atoms with van der Waals surface area (Å²) in [6, 6.07) is 9.18. The quantitative estimate of drug-likeness (QED) is 0.731. The molecule has 0 spiro atoms. The Morgan fingerprint density at radius 3 is 2.65 bits per heavy atom. The predicted octanol–water partition coefficient (Wildman–Crippen LogP) is 2.37. The molecule has 2 aromatic rings. The number of aliphatic hydroxyl groups excluding tert-OH is 1. The third-order valence-corrected chi connectivity index (χ3v) is 4.07. The minimum atomic E-state index is -0.433. The van der Waals surface area contributed by atoms with E-state index in [-0.39, 0.29) is 12.5 Å². The molecule has 0 saturated heterocycles. The molecule has 6 nitrogen and oxygen atoms in total. The Kier molecular flexibility index (Phi) is 5.39. The van der Waals surface area contributed by atoms with Crippen molar-refractivity contribution >= 4 is 5.91 Å². The van der Waals surface area contributed by atoms with E-state index in [1.165, 1.54) is 0 Å². The van der Waals surface area contributed by atoms with Gasteiger partial charge in [-0.2, -0.15) is 5.10 Å². The largest absolute Gasteiger partial charge is 0.497 e. The fourth-order valence-electron chi connectivity index (χ4n) is 2.26. The topological polar surface area (TPSA) is 87.2 Å². The second kappa shape index (κ2) is 7.28. The van der Waals surface area contributed by atoms with Crippen LogP contribution in [0.3, 0.4) is 0 Å². The number of H-pyrrole nitrogens is 1. The summed E-state index contributed by atoms with van der Waals surface area (Å²) in [5.41, 5.74) is 1.55. The molecule has 0 saturated carbocycles. The lowest BCUT2D eigenvalue weighted by atomic mass is 9.94. The number of hydrogen-bond donors (Lipinski definition) is 3. The van der Waals surface area contributed by atoms with Crippen LogP contribution >= 0.6 is 0 Å². The molecule has 1 aromatic carbocycles. The summed E-state index contributed by atoms with van der Waals surface area (Å²) in [6.07, 6.45) is 1.24. The Morgan fingerprint density at radius 1 is 1.39 bits per heavy atom. The van der Waals surface area contributed by atoms with Crippen molar-refractivity contribution in [2.24, 2.45) is 0 Å². The number of hydrogen-bond acceptors (Lipinski definition) is 4. The zero-order valence-electron chi connectivity index (χ0n) is 13.7. The lowest BCUT2D eigenvalue weighted by molar-refractivity contribution is 0.0881. The van der Waals surface area contributed by atoms with E-state index in [9.17, 15) is 4.79 Å². The highest BCUT2D eigenvalue weighted by molar-refractivity contribution is 5.93. The Morgan fingerprint density at radius 2 is 2.09 bits per heavy atom. The monoisotopic (exact) mass is 317 g/mol. The van der Waals surface area contributed by atoms with Gasteiger partial charge in [-0.1, -0.05) is 6.92 Å².